The number of rotatable bonds is 10. The van der Waals surface area contributed by atoms with Gasteiger partial charge >= 0.3 is 0 Å². The maximum absolute atomic E-state index is 13.2. The zero-order valence-electron chi connectivity index (χ0n) is 20.7. The number of carbonyl (C=O) groups excluding carboxylic acids is 2. The van der Waals surface area contributed by atoms with E-state index in [9.17, 15) is 9.59 Å². The molecule has 1 aliphatic carbocycles. The third-order valence-corrected chi connectivity index (χ3v) is 7.06. The third kappa shape index (κ3) is 5.83. The lowest BCUT2D eigenvalue weighted by Gasteiger charge is -2.21. The van der Waals surface area contributed by atoms with Gasteiger partial charge in [0.25, 0.3) is 5.91 Å². The Balaban J connectivity index is 1.42. The molecule has 0 unspecified atom stereocenters. The minimum Gasteiger partial charge on any atom is -0.497 e. The van der Waals surface area contributed by atoms with Crippen molar-refractivity contribution in [3.63, 3.8) is 0 Å². The highest BCUT2D eigenvalue weighted by molar-refractivity contribution is 7.12. The Bertz CT molecular complexity index is 1380. The largest absolute Gasteiger partial charge is 0.497 e. The van der Waals surface area contributed by atoms with Crippen LogP contribution in [0.2, 0.25) is 0 Å². The minimum absolute atomic E-state index is 0.0444. The maximum atomic E-state index is 13.2. The fourth-order valence-corrected chi connectivity index (χ4v) is 4.75. The second-order valence-corrected chi connectivity index (χ2v) is 9.85. The van der Waals surface area contributed by atoms with Gasteiger partial charge in [0.1, 0.15) is 18.0 Å². The number of benzene rings is 2. The lowest BCUT2D eigenvalue weighted by atomic mass is 10.1. The summed E-state index contributed by atoms with van der Waals surface area (Å²) in [5.41, 5.74) is 2.34. The fourth-order valence-electron chi connectivity index (χ4n) is 4.05. The summed E-state index contributed by atoms with van der Waals surface area (Å²) in [5, 5.41) is 4.81. The van der Waals surface area contributed by atoms with Gasteiger partial charge in [-0.2, -0.15) is 0 Å². The van der Waals surface area contributed by atoms with Gasteiger partial charge in [-0.15, -0.1) is 11.3 Å². The summed E-state index contributed by atoms with van der Waals surface area (Å²) in [6.45, 7) is 0.531. The molecular weight excluding hydrogens is 488 g/mol. The molecule has 1 N–H and O–H groups in total. The molecule has 1 fully saturated rings. The van der Waals surface area contributed by atoms with Crippen LogP contribution in [0, 0.1) is 5.92 Å². The highest BCUT2D eigenvalue weighted by Gasteiger charge is 2.29. The standard InChI is InChI=1S/C28H28N4O4S/c1-35-22-12-10-21(11-13-22)32-17-24(20-5-3-6-23(15-20)36-2)29-28(32)30-26(33)18-31(16-19-8-9-19)27(34)25-7-4-14-37-25/h3-7,10-15,17,19H,8-9,16,18H2,1-2H3,(H,29,30,33). The molecule has 8 nitrogen and oxygen atoms in total. The van der Waals surface area contributed by atoms with Crippen LogP contribution in [0.25, 0.3) is 16.9 Å². The Morgan fingerprint density at radius 1 is 1.05 bits per heavy atom. The molecular formula is C28H28N4O4S. The zero-order valence-corrected chi connectivity index (χ0v) is 21.5. The van der Waals surface area contributed by atoms with E-state index < -0.39 is 0 Å². The number of hydrogen-bond acceptors (Lipinski definition) is 6. The van der Waals surface area contributed by atoms with E-state index >= 15 is 0 Å². The average molecular weight is 517 g/mol. The molecule has 0 bridgehead atoms. The summed E-state index contributed by atoms with van der Waals surface area (Å²) in [4.78, 5) is 33.3. The van der Waals surface area contributed by atoms with Gasteiger partial charge in [-0.1, -0.05) is 18.2 Å². The smallest absolute Gasteiger partial charge is 0.264 e. The number of methoxy groups -OCH3 is 2. The van der Waals surface area contributed by atoms with E-state index in [0.29, 0.717) is 34.7 Å². The summed E-state index contributed by atoms with van der Waals surface area (Å²) in [6.07, 6.45) is 4.04. The van der Waals surface area contributed by atoms with Gasteiger partial charge in [0, 0.05) is 24.0 Å². The number of thiophene rings is 1. The SMILES string of the molecule is COc1ccc(-n2cc(-c3cccc(OC)c3)nc2NC(=O)CN(CC2CC2)C(=O)c2cccs2)cc1. The lowest BCUT2D eigenvalue weighted by molar-refractivity contribution is -0.117. The first kappa shape index (κ1) is 24.6. The summed E-state index contributed by atoms with van der Waals surface area (Å²) < 4.78 is 12.5. The van der Waals surface area contributed by atoms with Crippen molar-refractivity contribution in [2.24, 2.45) is 5.92 Å². The van der Waals surface area contributed by atoms with Crippen LogP contribution in [0.4, 0.5) is 5.95 Å². The van der Waals surface area contributed by atoms with Crippen molar-refractivity contribution in [3.05, 3.63) is 77.1 Å². The van der Waals surface area contributed by atoms with Gasteiger partial charge in [-0.25, -0.2) is 4.98 Å². The number of nitrogens with zero attached hydrogens (tertiary/aromatic N) is 3. The first-order valence-electron chi connectivity index (χ1n) is 12.0. The van der Waals surface area contributed by atoms with Gasteiger partial charge in [0.15, 0.2) is 0 Å². The van der Waals surface area contributed by atoms with Crippen molar-refractivity contribution in [1.29, 1.82) is 0 Å². The first-order valence-corrected chi connectivity index (χ1v) is 12.9. The Morgan fingerprint density at radius 2 is 1.84 bits per heavy atom. The van der Waals surface area contributed by atoms with Crippen molar-refractivity contribution in [3.8, 4) is 28.4 Å². The lowest BCUT2D eigenvalue weighted by Crippen LogP contribution is -2.39. The highest BCUT2D eigenvalue weighted by Crippen LogP contribution is 2.31. The molecule has 37 heavy (non-hydrogen) atoms. The molecule has 4 aromatic rings. The minimum atomic E-state index is -0.303. The van der Waals surface area contributed by atoms with Crippen LogP contribution in [-0.4, -0.2) is 53.6 Å². The van der Waals surface area contributed by atoms with Crippen molar-refractivity contribution in [2.75, 3.05) is 32.6 Å². The number of imidazole rings is 1. The molecule has 2 aromatic carbocycles. The van der Waals surface area contributed by atoms with Gasteiger partial charge in [0.2, 0.25) is 11.9 Å². The molecule has 190 valence electrons. The number of aromatic nitrogens is 2. The Kier molecular flexibility index (Phi) is 7.23. The van der Waals surface area contributed by atoms with E-state index in [1.807, 2.05) is 70.7 Å². The molecule has 2 aromatic heterocycles. The second-order valence-electron chi connectivity index (χ2n) is 8.90. The molecule has 1 saturated carbocycles. The van der Waals surface area contributed by atoms with Crippen LogP contribution in [0.5, 0.6) is 11.5 Å². The van der Waals surface area contributed by atoms with Crippen molar-refractivity contribution in [2.45, 2.75) is 12.8 Å². The van der Waals surface area contributed by atoms with E-state index in [-0.39, 0.29) is 18.4 Å². The maximum Gasteiger partial charge on any atom is 0.264 e. The monoisotopic (exact) mass is 516 g/mol. The molecule has 0 aliphatic heterocycles. The third-order valence-electron chi connectivity index (χ3n) is 6.20. The van der Waals surface area contributed by atoms with E-state index in [1.54, 1.807) is 25.2 Å². The van der Waals surface area contributed by atoms with E-state index in [2.05, 4.69) is 5.32 Å². The molecule has 0 saturated heterocycles. The van der Waals surface area contributed by atoms with E-state index in [1.165, 1.54) is 11.3 Å². The molecule has 5 rings (SSSR count). The summed E-state index contributed by atoms with van der Waals surface area (Å²) >= 11 is 1.38. The quantitative estimate of drug-likeness (QED) is 0.317. The highest BCUT2D eigenvalue weighted by atomic mass is 32.1. The van der Waals surface area contributed by atoms with Gasteiger partial charge in [0.05, 0.1) is 24.8 Å². The summed E-state index contributed by atoms with van der Waals surface area (Å²) in [5.74, 6) is 1.84. The number of nitrogens with one attached hydrogen (secondary N) is 1. The first-order chi connectivity index (χ1) is 18.0. The molecule has 0 atom stereocenters. The van der Waals surface area contributed by atoms with Crippen molar-refractivity contribution in [1.82, 2.24) is 14.5 Å². The summed E-state index contributed by atoms with van der Waals surface area (Å²) in [6, 6.07) is 18.7. The van der Waals surface area contributed by atoms with Gasteiger partial charge in [-0.3, -0.25) is 19.5 Å². The predicted octanol–water partition coefficient (Wildman–Crippen LogP) is 5.11. The molecule has 0 spiro atoms. The molecule has 9 heteroatoms. The van der Waals surface area contributed by atoms with Crippen molar-refractivity contribution >= 4 is 29.1 Å². The van der Waals surface area contributed by atoms with Gasteiger partial charge < -0.3 is 14.4 Å². The van der Waals surface area contributed by atoms with Crippen LogP contribution in [-0.2, 0) is 4.79 Å². The number of hydrogen-bond donors (Lipinski definition) is 1. The zero-order chi connectivity index (χ0) is 25.8. The van der Waals surface area contributed by atoms with Gasteiger partial charge in [-0.05, 0) is 66.6 Å². The molecule has 0 radical (unpaired) electrons. The van der Waals surface area contributed by atoms with Crippen LogP contribution >= 0.6 is 11.3 Å². The Labute approximate surface area is 219 Å². The Morgan fingerprint density at radius 3 is 2.51 bits per heavy atom. The Hall–Kier alpha value is -4.11. The van der Waals surface area contributed by atoms with Crippen molar-refractivity contribution < 1.29 is 19.1 Å². The molecule has 1 aliphatic rings. The topological polar surface area (TPSA) is 85.7 Å². The van der Waals surface area contributed by atoms with Crippen LogP contribution in [0.3, 0.4) is 0 Å². The number of ether oxygens (including phenoxy) is 2. The van der Waals surface area contributed by atoms with Crippen LogP contribution in [0.15, 0.2) is 72.2 Å². The van der Waals surface area contributed by atoms with Crippen LogP contribution < -0.4 is 14.8 Å². The molecule has 2 heterocycles. The number of carbonyl (C=O) groups is 2. The summed E-state index contributed by atoms with van der Waals surface area (Å²) in [7, 11) is 3.23. The number of amides is 2. The average Bonchev–Trinajstić information content (AvgIpc) is 3.39. The number of anilines is 1. The van der Waals surface area contributed by atoms with Crippen LogP contribution in [0.1, 0.15) is 22.5 Å². The van der Waals surface area contributed by atoms with E-state index in [4.69, 9.17) is 14.5 Å². The van der Waals surface area contributed by atoms with E-state index in [0.717, 1.165) is 29.8 Å². The predicted molar refractivity (Wildman–Crippen MR) is 144 cm³/mol. The fraction of sp³-hybridized carbons (Fsp3) is 0.250. The molecule has 2 amide bonds. The second kappa shape index (κ2) is 10.9. The normalized spacial score (nSPS) is 12.7.